The van der Waals surface area contributed by atoms with Gasteiger partial charge in [0.15, 0.2) is 0 Å². The van der Waals surface area contributed by atoms with Crippen LogP contribution in [0.1, 0.15) is 26.7 Å². The van der Waals surface area contributed by atoms with Crippen LogP contribution in [0, 0.1) is 0 Å². The van der Waals surface area contributed by atoms with Crippen molar-refractivity contribution in [1.82, 2.24) is 9.97 Å². The van der Waals surface area contributed by atoms with Crippen molar-refractivity contribution in [1.29, 1.82) is 0 Å². The standard InChI is InChI=1S/C11H17ClN4O/c1-11(2)6-7(3-4-17-11)14-9-5-8(12)15-10(13)16-9/h5,7H,3-4,6H2,1-2H3,(H3,13,14,15,16). The predicted molar refractivity (Wildman–Crippen MR) is 68.1 cm³/mol. The van der Waals surface area contributed by atoms with Crippen molar-refractivity contribution in [3.63, 3.8) is 0 Å². The molecule has 1 saturated heterocycles. The SMILES string of the molecule is CC1(C)CC(Nc2cc(Cl)nc(N)n2)CCO1. The van der Waals surface area contributed by atoms with Gasteiger partial charge in [0.05, 0.1) is 5.60 Å². The molecule has 0 aliphatic carbocycles. The van der Waals surface area contributed by atoms with Crippen molar-refractivity contribution in [3.05, 3.63) is 11.2 Å². The first kappa shape index (κ1) is 12.4. The van der Waals surface area contributed by atoms with Gasteiger partial charge in [-0.3, -0.25) is 0 Å². The van der Waals surface area contributed by atoms with Crippen LogP contribution in [0.4, 0.5) is 11.8 Å². The fraction of sp³-hybridized carbons (Fsp3) is 0.636. The zero-order chi connectivity index (χ0) is 12.5. The van der Waals surface area contributed by atoms with Gasteiger partial charge in [0.25, 0.3) is 0 Å². The van der Waals surface area contributed by atoms with Crippen LogP contribution in [0.15, 0.2) is 6.07 Å². The molecule has 3 N–H and O–H groups in total. The molecule has 0 saturated carbocycles. The minimum atomic E-state index is -0.0989. The first-order valence-electron chi connectivity index (χ1n) is 5.65. The zero-order valence-electron chi connectivity index (χ0n) is 10.0. The maximum Gasteiger partial charge on any atom is 0.223 e. The van der Waals surface area contributed by atoms with Crippen LogP contribution >= 0.6 is 11.6 Å². The summed E-state index contributed by atoms with van der Waals surface area (Å²) in [7, 11) is 0. The lowest BCUT2D eigenvalue weighted by atomic mass is 9.94. The van der Waals surface area contributed by atoms with Crippen LogP contribution in [0.25, 0.3) is 0 Å². The summed E-state index contributed by atoms with van der Waals surface area (Å²) in [6.45, 7) is 4.92. The highest BCUT2D eigenvalue weighted by Crippen LogP contribution is 2.26. The van der Waals surface area contributed by atoms with E-state index >= 15 is 0 Å². The second-order valence-corrected chi connectivity index (χ2v) is 5.26. The van der Waals surface area contributed by atoms with Gasteiger partial charge in [-0.1, -0.05) is 11.6 Å². The van der Waals surface area contributed by atoms with Crippen LogP contribution < -0.4 is 11.1 Å². The molecule has 5 nitrogen and oxygen atoms in total. The molecule has 2 rings (SSSR count). The van der Waals surface area contributed by atoms with Gasteiger partial charge in [-0.25, -0.2) is 4.98 Å². The number of halogens is 1. The fourth-order valence-corrected chi connectivity index (χ4v) is 2.26. The lowest BCUT2D eigenvalue weighted by Crippen LogP contribution is -2.40. The Labute approximate surface area is 106 Å². The maximum absolute atomic E-state index is 5.83. The predicted octanol–water partition coefficient (Wildman–Crippen LogP) is 2.08. The van der Waals surface area contributed by atoms with E-state index in [0.717, 1.165) is 19.4 Å². The molecule has 0 spiro atoms. The molecule has 0 radical (unpaired) electrons. The van der Waals surface area contributed by atoms with E-state index in [0.29, 0.717) is 17.0 Å². The molecular formula is C11H17ClN4O. The number of nitrogens with zero attached hydrogens (tertiary/aromatic N) is 2. The molecule has 1 aromatic heterocycles. The summed E-state index contributed by atoms with van der Waals surface area (Å²) in [6, 6.07) is 2.00. The third-order valence-corrected chi connectivity index (χ3v) is 2.95. The minimum Gasteiger partial charge on any atom is -0.375 e. The van der Waals surface area contributed by atoms with E-state index in [1.165, 1.54) is 0 Å². The normalized spacial score (nSPS) is 23.4. The van der Waals surface area contributed by atoms with Crippen molar-refractivity contribution < 1.29 is 4.74 Å². The van der Waals surface area contributed by atoms with E-state index in [1.54, 1.807) is 6.07 Å². The van der Waals surface area contributed by atoms with Gasteiger partial charge in [0.2, 0.25) is 5.95 Å². The Kier molecular flexibility index (Phi) is 3.40. The molecule has 2 heterocycles. The molecule has 6 heteroatoms. The Morgan fingerprint density at radius 2 is 2.29 bits per heavy atom. The molecule has 17 heavy (non-hydrogen) atoms. The molecule has 1 aliphatic heterocycles. The Morgan fingerprint density at radius 1 is 1.53 bits per heavy atom. The highest BCUT2D eigenvalue weighted by Gasteiger charge is 2.28. The third-order valence-electron chi connectivity index (χ3n) is 2.76. The lowest BCUT2D eigenvalue weighted by molar-refractivity contribution is -0.0553. The molecule has 0 bridgehead atoms. The van der Waals surface area contributed by atoms with Gasteiger partial charge in [-0.05, 0) is 26.7 Å². The Balaban J connectivity index is 2.05. The van der Waals surface area contributed by atoms with Crippen molar-refractivity contribution in [2.45, 2.75) is 38.3 Å². The topological polar surface area (TPSA) is 73.1 Å². The number of rotatable bonds is 2. The van der Waals surface area contributed by atoms with E-state index in [2.05, 4.69) is 29.1 Å². The van der Waals surface area contributed by atoms with E-state index in [1.807, 2.05) is 0 Å². The number of hydrogen-bond donors (Lipinski definition) is 2. The van der Waals surface area contributed by atoms with Crippen molar-refractivity contribution in [2.75, 3.05) is 17.7 Å². The number of ether oxygens (including phenoxy) is 1. The average molecular weight is 257 g/mol. The number of nitrogens with one attached hydrogen (secondary N) is 1. The van der Waals surface area contributed by atoms with E-state index < -0.39 is 0 Å². The quantitative estimate of drug-likeness (QED) is 0.793. The van der Waals surface area contributed by atoms with Gasteiger partial charge in [-0.15, -0.1) is 0 Å². The van der Waals surface area contributed by atoms with Crippen molar-refractivity contribution >= 4 is 23.4 Å². The molecule has 1 atom stereocenters. The highest BCUT2D eigenvalue weighted by molar-refractivity contribution is 6.29. The number of hydrogen-bond acceptors (Lipinski definition) is 5. The van der Waals surface area contributed by atoms with Gasteiger partial charge in [0.1, 0.15) is 11.0 Å². The van der Waals surface area contributed by atoms with Crippen LogP contribution in [-0.4, -0.2) is 28.2 Å². The van der Waals surface area contributed by atoms with Gasteiger partial charge in [-0.2, -0.15) is 4.98 Å². The van der Waals surface area contributed by atoms with E-state index in [9.17, 15) is 0 Å². The molecule has 0 amide bonds. The van der Waals surface area contributed by atoms with Crippen LogP contribution in [0.3, 0.4) is 0 Å². The summed E-state index contributed by atoms with van der Waals surface area (Å²) < 4.78 is 5.66. The first-order chi connectivity index (χ1) is 7.94. The largest absolute Gasteiger partial charge is 0.375 e. The van der Waals surface area contributed by atoms with Crippen LogP contribution in [0.5, 0.6) is 0 Å². The summed E-state index contributed by atoms with van der Waals surface area (Å²) >= 11 is 5.83. The Hall–Kier alpha value is -1.07. The smallest absolute Gasteiger partial charge is 0.223 e. The summed E-state index contributed by atoms with van der Waals surface area (Å²) in [5.74, 6) is 0.858. The Morgan fingerprint density at radius 3 is 2.94 bits per heavy atom. The van der Waals surface area contributed by atoms with E-state index in [4.69, 9.17) is 22.1 Å². The molecule has 1 unspecified atom stereocenters. The minimum absolute atomic E-state index is 0.0989. The molecular weight excluding hydrogens is 240 g/mol. The monoisotopic (exact) mass is 256 g/mol. The maximum atomic E-state index is 5.83. The molecule has 1 aliphatic rings. The number of aromatic nitrogens is 2. The number of nitrogens with two attached hydrogens (primary N) is 1. The summed E-state index contributed by atoms with van der Waals surface area (Å²) in [5, 5.41) is 3.68. The summed E-state index contributed by atoms with van der Waals surface area (Å²) in [5.41, 5.74) is 5.45. The summed E-state index contributed by atoms with van der Waals surface area (Å²) in [6.07, 6.45) is 1.87. The third kappa shape index (κ3) is 3.44. The highest BCUT2D eigenvalue weighted by atomic mass is 35.5. The fourth-order valence-electron chi connectivity index (χ4n) is 2.07. The lowest BCUT2D eigenvalue weighted by Gasteiger charge is -2.36. The zero-order valence-corrected chi connectivity index (χ0v) is 10.8. The summed E-state index contributed by atoms with van der Waals surface area (Å²) in [4.78, 5) is 7.93. The molecule has 0 aromatic carbocycles. The van der Waals surface area contributed by atoms with Gasteiger partial charge in [0, 0.05) is 18.7 Å². The second kappa shape index (κ2) is 4.66. The average Bonchev–Trinajstić information content (AvgIpc) is 2.13. The van der Waals surface area contributed by atoms with Crippen molar-refractivity contribution in [3.8, 4) is 0 Å². The first-order valence-corrected chi connectivity index (χ1v) is 6.03. The number of anilines is 2. The van der Waals surface area contributed by atoms with Crippen molar-refractivity contribution in [2.24, 2.45) is 0 Å². The van der Waals surface area contributed by atoms with Gasteiger partial charge < -0.3 is 15.8 Å². The number of nitrogen functional groups attached to an aromatic ring is 1. The van der Waals surface area contributed by atoms with Crippen LogP contribution in [0.2, 0.25) is 5.15 Å². The van der Waals surface area contributed by atoms with Gasteiger partial charge >= 0.3 is 0 Å². The van der Waals surface area contributed by atoms with E-state index in [-0.39, 0.29) is 11.5 Å². The Bertz CT molecular complexity index is 390. The molecule has 1 fully saturated rings. The second-order valence-electron chi connectivity index (χ2n) is 4.88. The molecule has 94 valence electrons. The van der Waals surface area contributed by atoms with Crippen LogP contribution in [-0.2, 0) is 4.74 Å². The molecule has 1 aromatic rings.